The van der Waals surface area contributed by atoms with Crippen LogP contribution >= 0.6 is 11.6 Å². The van der Waals surface area contributed by atoms with Crippen molar-refractivity contribution in [3.63, 3.8) is 0 Å². The van der Waals surface area contributed by atoms with Crippen molar-refractivity contribution < 1.29 is 12.4 Å². The Labute approximate surface area is 191 Å². The number of halogens is 1. The molecule has 0 amide bonds. The lowest BCUT2D eigenvalue weighted by molar-refractivity contribution is 0.0582. The van der Waals surface area contributed by atoms with E-state index < -0.39 is 29.0 Å². The van der Waals surface area contributed by atoms with Crippen LogP contribution in [0.1, 0.15) is 52.2 Å². The lowest BCUT2D eigenvalue weighted by atomic mass is 9.57. The number of nitrogens with zero attached hydrogens (tertiary/aromatic N) is 5. The summed E-state index contributed by atoms with van der Waals surface area (Å²) in [5.41, 5.74) is 0.0881. The van der Waals surface area contributed by atoms with Crippen molar-refractivity contribution in [1.82, 2.24) is 19.9 Å². The molecule has 8 nitrogen and oxygen atoms in total. The molecule has 1 saturated heterocycles. The molecule has 2 aromatic heterocycles. The minimum Gasteiger partial charge on any atom is -0.611 e. The Hall–Kier alpha value is -1.68. The van der Waals surface area contributed by atoms with Crippen LogP contribution in [-0.2, 0) is 17.6 Å². The summed E-state index contributed by atoms with van der Waals surface area (Å²) < 4.78 is 30.1. The zero-order chi connectivity index (χ0) is 23.0. The molecule has 4 heterocycles. The third-order valence-electron chi connectivity index (χ3n) is 6.90. The van der Waals surface area contributed by atoms with Gasteiger partial charge in [0.1, 0.15) is 17.3 Å². The van der Waals surface area contributed by atoms with Gasteiger partial charge in [-0.25, -0.2) is 15.0 Å². The third kappa shape index (κ3) is 3.28. The number of fused-ring (bicyclic) bond motifs is 1. The predicted octanol–water partition coefficient (Wildman–Crippen LogP) is 2.29. The molecule has 0 radical (unpaired) electrons. The molecule has 6 rings (SSSR count). The summed E-state index contributed by atoms with van der Waals surface area (Å²) in [6.45, 7) is 1.18. The fourth-order valence-corrected chi connectivity index (χ4v) is 6.39. The van der Waals surface area contributed by atoms with Gasteiger partial charge >= 0.3 is 0 Å². The van der Waals surface area contributed by atoms with Gasteiger partial charge in [0, 0.05) is 46.0 Å². The number of aryl methyl sites for hydroxylation is 1. The summed E-state index contributed by atoms with van der Waals surface area (Å²) in [5, 5.41) is 13.7. The molecule has 3 atom stereocenters. The van der Waals surface area contributed by atoms with Gasteiger partial charge in [-0.2, -0.15) is 4.98 Å². The molecule has 10 heteroatoms. The number of nitrogens with one attached hydrogen (secondary N) is 1. The zero-order valence-corrected chi connectivity index (χ0v) is 18.5. The van der Waals surface area contributed by atoms with Crippen LogP contribution in [0.4, 0.5) is 11.8 Å². The lowest BCUT2D eigenvalue weighted by Crippen LogP contribution is -2.62. The minimum atomic E-state index is -1.14. The highest BCUT2D eigenvalue weighted by atomic mass is 35.5. The van der Waals surface area contributed by atoms with Gasteiger partial charge in [-0.15, -0.1) is 0 Å². The maximum atomic E-state index is 12.6. The van der Waals surface area contributed by atoms with E-state index in [0.29, 0.717) is 59.2 Å². The fraction of sp³-hybridized carbons (Fsp3) is 0.619. The Kier molecular flexibility index (Phi) is 4.12. The van der Waals surface area contributed by atoms with E-state index in [1.807, 2.05) is 4.90 Å². The SMILES string of the molecule is [2H]C1C2(CN(c3nc4c(c(NC5(CO)CCC5)n3)[S+]([O-])CC4)C2)CC1([2H])c1ncc(Cl)cn1. The highest BCUT2D eigenvalue weighted by molar-refractivity contribution is 7.91. The molecular formula is C21H25ClN6O2S. The summed E-state index contributed by atoms with van der Waals surface area (Å²) in [6.07, 6.45) is 6.19. The first kappa shape index (κ1) is 17.8. The molecule has 2 aliphatic carbocycles. The summed E-state index contributed by atoms with van der Waals surface area (Å²) in [6, 6.07) is 0. The van der Waals surface area contributed by atoms with E-state index >= 15 is 0 Å². The monoisotopic (exact) mass is 462 g/mol. The van der Waals surface area contributed by atoms with Crippen LogP contribution < -0.4 is 10.2 Å². The molecule has 0 aromatic carbocycles. The van der Waals surface area contributed by atoms with Crippen LogP contribution in [0.25, 0.3) is 0 Å². The van der Waals surface area contributed by atoms with Crippen LogP contribution in [0.5, 0.6) is 0 Å². The normalized spacial score (nSPS) is 32.9. The number of hydrogen-bond acceptors (Lipinski definition) is 8. The van der Waals surface area contributed by atoms with Crippen molar-refractivity contribution in [2.45, 2.75) is 54.8 Å². The lowest BCUT2D eigenvalue weighted by Gasteiger charge is -2.58. The number of anilines is 2. The molecule has 1 spiro atoms. The number of aliphatic hydroxyl groups is 1. The van der Waals surface area contributed by atoms with Crippen LogP contribution in [0.15, 0.2) is 17.3 Å². The molecule has 31 heavy (non-hydrogen) atoms. The Morgan fingerprint density at radius 2 is 2.13 bits per heavy atom. The second kappa shape index (κ2) is 7.16. The second-order valence-corrected chi connectivity index (χ2v) is 11.1. The highest BCUT2D eigenvalue weighted by Crippen LogP contribution is 2.56. The zero-order valence-electron chi connectivity index (χ0n) is 19.0. The molecule has 0 bridgehead atoms. The molecule has 3 fully saturated rings. The first-order chi connectivity index (χ1) is 15.8. The van der Waals surface area contributed by atoms with Crippen molar-refractivity contribution in [2.75, 3.05) is 35.7 Å². The second-order valence-electron chi connectivity index (χ2n) is 9.15. The van der Waals surface area contributed by atoms with Gasteiger partial charge < -0.3 is 19.9 Å². The standard InChI is InChI=1S/C21H25ClN6O2S/c22-14-8-23-17(24-9-14)13-6-20(7-13)10-28(11-20)19-25-15-2-5-31(30)16(15)18(26-19)27-21(12-29)3-1-4-21/h8-9,13,29H,1-7,10-12H2,(H,25,26,27)/i6D,13D. The smallest absolute Gasteiger partial charge is 0.227 e. The van der Waals surface area contributed by atoms with Crippen LogP contribution in [-0.4, -0.2) is 60.6 Å². The van der Waals surface area contributed by atoms with Gasteiger partial charge in [-0.1, -0.05) is 11.6 Å². The first-order valence-corrected chi connectivity index (χ1v) is 12.3. The Morgan fingerprint density at radius 1 is 1.35 bits per heavy atom. The van der Waals surface area contributed by atoms with E-state index in [-0.39, 0.29) is 12.0 Å². The average Bonchev–Trinajstić information content (AvgIpc) is 3.13. The number of hydrogen-bond donors (Lipinski definition) is 2. The summed E-state index contributed by atoms with van der Waals surface area (Å²) in [4.78, 5) is 20.5. The van der Waals surface area contributed by atoms with Crippen LogP contribution in [0, 0.1) is 5.41 Å². The maximum Gasteiger partial charge on any atom is 0.227 e. The van der Waals surface area contributed by atoms with Crippen molar-refractivity contribution in [1.29, 1.82) is 0 Å². The molecular weight excluding hydrogens is 436 g/mol. The summed E-state index contributed by atoms with van der Waals surface area (Å²) in [7, 11) is 0. The quantitative estimate of drug-likeness (QED) is 0.651. The fourth-order valence-electron chi connectivity index (χ4n) is 4.99. The Balaban J connectivity index is 1.22. The van der Waals surface area contributed by atoms with Crippen molar-refractivity contribution >= 4 is 34.5 Å². The van der Waals surface area contributed by atoms with Crippen LogP contribution in [0.2, 0.25) is 5.02 Å². The highest BCUT2D eigenvalue weighted by Gasteiger charge is 2.54. The molecule has 3 unspecified atom stereocenters. The van der Waals surface area contributed by atoms with E-state index in [1.54, 1.807) is 0 Å². The number of aliphatic hydroxyl groups excluding tert-OH is 1. The largest absolute Gasteiger partial charge is 0.611 e. The van der Waals surface area contributed by atoms with Gasteiger partial charge in [0.25, 0.3) is 0 Å². The molecule has 2 saturated carbocycles. The summed E-state index contributed by atoms with van der Waals surface area (Å²) >= 11 is 4.73. The molecule has 2 N–H and O–H groups in total. The number of rotatable bonds is 5. The Morgan fingerprint density at radius 3 is 2.77 bits per heavy atom. The van der Waals surface area contributed by atoms with Gasteiger partial charge in [0.05, 0.1) is 17.2 Å². The van der Waals surface area contributed by atoms with Gasteiger partial charge in [-0.05, 0) is 43.3 Å². The molecule has 164 valence electrons. The van der Waals surface area contributed by atoms with Gasteiger partial charge in [-0.3, -0.25) is 0 Å². The van der Waals surface area contributed by atoms with Gasteiger partial charge in [0.2, 0.25) is 10.8 Å². The minimum absolute atomic E-state index is 0.0133. The van der Waals surface area contributed by atoms with E-state index in [4.69, 9.17) is 24.3 Å². The number of aromatic nitrogens is 4. The topological polar surface area (TPSA) is 110 Å². The Bertz CT molecular complexity index is 1100. The maximum absolute atomic E-state index is 12.6. The van der Waals surface area contributed by atoms with E-state index in [1.165, 1.54) is 12.4 Å². The van der Waals surface area contributed by atoms with E-state index in [2.05, 4.69) is 15.3 Å². The average molecular weight is 463 g/mol. The predicted molar refractivity (Wildman–Crippen MR) is 118 cm³/mol. The van der Waals surface area contributed by atoms with E-state index in [9.17, 15) is 9.66 Å². The first-order valence-electron chi connectivity index (χ1n) is 11.7. The third-order valence-corrected chi connectivity index (χ3v) is 8.55. The molecule has 2 aromatic rings. The van der Waals surface area contributed by atoms with Gasteiger partial charge in [0.15, 0.2) is 5.82 Å². The summed E-state index contributed by atoms with van der Waals surface area (Å²) in [5.74, 6) is 0.867. The molecule has 4 aliphatic rings. The van der Waals surface area contributed by atoms with E-state index in [0.717, 1.165) is 25.0 Å². The van der Waals surface area contributed by atoms with Crippen molar-refractivity contribution in [2.24, 2.45) is 5.41 Å². The van der Waals surface area contributed by atoms with Crippen LogP contribution in [0.3, 0.4) is 0 Å². The van der Waals surface area contributed by atoms with Crippen molar-refractivity contribution in [3.8, 4) is 0 Å². The molecule has 2 aliphatic heterocycles. The van der Waals surface area contributed by atoms with Crippen molar-refractivity contribution in [3.05, 3.63) is 28.9 Å².